The number of nitrogens with one attached hydrogen (secondary N) is 2. The minimum absolute atomic E-state index is 0.0111. The minimum Gasteiger partial charge on any atom is -0.448 e. The van der Waals surface area contributed by atoms with Gasteiger partial charge in [0.05, 0.1) is 29.3 Å². The molecule has 7 nitrogen and oxygen atoms in total. The number of fused-ring (bicyclic) bond motifs is 1. The van der Waals surface area contributed by atoms with Crippen molar-refractivity contribution in [3.8, 4) is 0 Å². The Kier molecular flexibility index (Phi) is 7.64. The van der Waals surface area contributed by atoms with Gasteiger partial charge in [-0.25, -0.2) is 9.87 Å². The number of benzene rings is 1. The van der Waals surface area contributed by atoms with Crippen molar-refractivity contribution < 1.29 is 23.2 Å². The molecule has 1 aromatic carbocycles. The molecule has 1 aliphatic rings. The quantitative estimate of drug-likeness (QED) is 0.246. The van der Waals surface area contributed by atoms with E-state index in [4.69, 9.17) is 14.0 Å². The Bertz CT molecular complexity index is 1220. The fourth-order valence-corrected chi connectivity index (χ4v) is 3.95. The van der Waals surface area contributed by atoms with Crippen LogP contribution in [0.15, 0.2) is 74.8 Å². The molecule has 4 rings (SSSR count). The lowest BCUT2D eigenvalue weighted by Crippen LogP contribution is -2.36. The molecule has 0 bridgehead atoms. The van der Waals surface area contributed by atoms with Gasteiger partial charge in [0.1, 0.15) is 18.0 Å². The van der Waals surface area contributed by atoms with Crippen LogP contribution in [0.5, 0.6) is 0 Å². The highest BCUT2D eigenvalue weighted by molar-refractivity contribution is 14.1. The Balaban J connectivity index is 1.42. The van der Waals surface area contributed by atoms with E-state index in [0.29, 0.717) is 29.7 Å². The fraction of sp³-hybridized carbons (Fsp3) is 0.280. The summed E-state index contributed by atoms with van der Waals surface area (Å²) in [6, 6.07) is 10.8. The second kappa shape index (κ2) is 10.7. The highest BCUT2D eigenvalue weighted by Gasteiger charge is 2.27. The van der Waals surface area contributed by atoms with Crippen LogP contribution in [0.1, 0.15) is 36.4 Å². The molecule has 0 spiro atoms. The van der Waals surface area contributed by atoms with Crippen LogP contribution >= 0.6 is 22.6 Å². The highest BCUT2D eigenvalue weighted by atomic mass is 127. The van der Waals surface area contributed by atoms with Crippen molar-refractivity contribution in [3.63, 3.8) is 0 Å². The number of hydrogen-bond donors (Lipinski definition) is 2. The van der Waals surface area contributed by atoms with E-state index in [-0.39, 0.29) is 18.2 Å². The number of hydroxylamine groups is 1. The molecule has 0 aliphatic heterocycles. The number of allylic oxidation sites excluding steroid dienone is 2. The van der Waals surface area contributed by atoms with Gasteiger partial charge in [-0.05, 0) is 60.6 Å². The zero-order valence-corrected chi connectivity index (χ0v) is 21.0. The van der Waals surface area contributed by atoms with E-state index in [1.165, 1.54) is 6.08 Å². The third kappa shape index (κ3) is 6.02. The van der Waals surface area contributed by atoms with Gasteiger partial charge in [-0.3, -0.25) is 14.6 Å². The number of ether oxygens (including phenoxy) is 1. The Labute approximate surface area is 210 Å². The number of amides is 1. The first kappa shape index (κ1) is 24.4. The molecule has 0 fully saturated rings. The van der Waals surface area contributed by atoms with E-state index in [1.807, 2.05) is 50.3 Å². The average Bonchev–Trinajstić information content (AvgIpc) is 3.19. The van der Waals surface area contributed by atoms with Gasteiger partial charge in [0.2, 0.25) is 5.76 Å². The van der Waals surface area contributed by atoms with E-state index in [9.17, 15) is 9.18 Å². The van der Waals surface area contributed by atoms with Gasteiger partial charge in [0, 0.05) is 16.0 Å². The molecular weight excluding hydrogens is 552 g/mol. The number of hydrogen-bond acceptors (Lipinski definition) is 6. The molecule has 34 heavy (non-hydrogen) atoms. The van der Waals surface area contributed by atoms with Gasteiger partial charge in [-0.1, -0.05) is 36.4 Å². The maximum Gasteiger partial charge on any atom is 0.312 e. The Morgan fingerprint density at radius 1 is 1.29 bits per heavy atom. The van der Waals surface area contributed by atoms with Crippen LogP contribution in [-0.2, 0) is 16.2 Å². The minimum atomic E-state index is -0.651. The highest BCUT2D eigenvalue weighted by Crippen LogP contribution is 2.34. The van der Waals surface area contributed by atoms with Crippen LogP contribution in [0.25, 0.3) is 11.0 Å². The molecule has 178 valence electrons. The van der Waals surface area contributed by atoms with Gasteiger partial charge in [0.25, 0.3) is 0 Å². The molecule has 1 atom stereocenters. The molecule has 1 aliphatic carbocycles. The SMILES string of the molecule is CC(C)(CONC(=O)c1oc2ccncc2c1NC1CC=C(I)C=C1F)OCc1ccccc1. The van der Waals surface area contributed by atoms with Crippen LogP contribution in [0, 0.1) is 0 Å². The fourth-order valence-electron chi connectivity index (χ4n) is 3.40. The Morgan fingerprint density at radius 3 is 2.85 bits per heavy atom. The topological polar surface area (TPSA) is 85.6 Å². The van der Waals surface area contributed by atoms with E-state index >= 15 is 0 Å². The third-order valence-electron chi connectivity index (χ3n) is 5.23. The van der Waals surface area contributed by atoms with E-state index in [0.717, 1.165) is 9.14 Å². The van der Waals surface area contributed by atoms with Crippen molar-refractivity contribution in [2.24, 2.45) is 0 Å². The van der Waals surface area contributed by atoms with E-state index in [1.54, 1.807) is 18.5 Å². The standard InChI is InChI=1S/C25H25FIN3O4/c1-25(2,32-14-16-6-4-3-5-7-16)15-33-30-24(31)23-22(18-13-28-11-10-21(18)34-23)29-20-9-8-17(27)12-19(20)26/h3-8,10-13,20,29H,9,14-15H2,1-2H3,(H,30,31). The smallest absolute Gasteiger partial charge is 0.312 e. The third-order valence-corrected chi connectivity index (χ3v) is 5.98. The number of furan rings is 1. The molecule has 0 saturated heterocycles. The maximum atomic E-state index is 14.5. The first-order chi connectivity index (χ1) is 16.3. The molecule has 0 saturated carbocycles. The Morgan fingerprint density at radius 2 is 2.09 bits per heavy atom. The van der Waals surface area contributed by atoms with Crippen molar-refractivity contribution in [1.82, 2.24) is 10.5 Å². The first-order valence-corrected chi connectivity index (χ1v) is 11.9. The van der Waals surface area contributed by atoms with Gasteiger partial charge < -0.3 is 14.5 Å². The van der Waals surface area contributed by atoms with Crippen molar-refractivity contribution >= 4 is 45.2 Å². The summed E-state index contributed by atoms with van der Waals surface area (Å²) in [5.41, 5.74) is 3.63. The molecule has 9 heteroatoms. The van der Waals surface area contributed by atoms with Crippen molar-refractivity contribution in [2.75, 3.05) is 11.9 Å². The summed E-state index contributed by atoms with van der Waals surface area (Å²) in [6.07, 6.45) is 6.96. The lowest BCUT2D eigenvalue weighted by atomic mass is 10.1. The number of nitrogens with zero attached hydrogens (tertiary/aromatic N) is 1. The van der Waals surface area contributed by atoms with Gasteiger partial charge in [-0.15, -0.1) is 0 Å². The lowest BCUT2D eigenvalue weighted by Gasteiger charge is -2.25. The number of carbonyl (C=O) groups is 1. The Hall–Kier alpha value is -2.76. The van der Waals surface area contributed by atoms with E-state index < -0.39 is 17.6 Å². The summed E-state index contributed by atoms with van der Waals surface area (Å²) in [6.45, 7) is 4.27. The summed E-state index contributed by atoms with van der Waals surface area (Å²) < 4.78 is 27.0. The number of pyridine rings is 1. The summed E-state index contributed by atoms with van der Waals surface area (Å²) in [7, 11) is 0. The summed E-state index contributed by atoms with van der Waals surface area (Å²) in [5, 5.41) is 3.68. The van der Waals surface area contributed by atoms with Crippen LogP contribution < -0.4 is 10.8 Å². The predicted molar refractivity (Wildman–Crippen MR) is 136 cm³/mol. The second-order valence-electron chi connectivity index (χ2n) is 8.48. The van der Waals surface area contributed by atoms with Crippen molar-refractivity contribution in [2.45, 2.75) is 38.5 Å². The maximum absolute atomic E-state index is 14.5. The molecule has 1 amide bonds. The molecule has 2 N–H and O–H groups in total. The molecule has 0 radical (unpaired) electrons. The van der Waals surface area contributed by atoms with Crippen molar-refractivity contribution in [3.05, 3.63) is 81.7 Å². The zero-order chi connectivity index (χ0) is 24.1. The number of halogens is 2. The van der Waals surface area contributed by atoms with Crippen LogP contribution in [0.2, 0.25) is 0 Å². The first-order valence-electron chi connectivity index (χ1n) is 10.8. The largest absolute Gasteiger partial charge is 0.448 e. The molecule has 3 aromatic rings. The number of anilines is 1. The molecule has 2 aromatic heterocycles. The summed E-state index contributed by atoms with van der Waals surface area (Å²) >= 11 is 2.07. The van der Waals surface area contributed by atoms with E-state index in [2.05, 4.69) is 38.4 Å². The monoisotopic (exact) mass is 577 g/mol. The number of carbonyl (C=O) groups excluding carboxylic acids is 1. The van der Waals surface area contributed by atoms with Gasteiger partial charge >= 0.3 is 5.91 Å². The van der Waals surface area contributed by atoms with Crippen LogP contribution in [-0.4, -0.2) is 29.1 Å². The van der Waals surface area contributed by atoms with Gasteiger partial charge in [0.15, 0.2) is 0 Å². The molecular formula is C25H25FIN3O4. The number of rotatable bonds is 9. The summed E-state index contributed by atoms with van der Waals surface area (Å²) in [4.78, 5) is 22.5. The average molecular weight is 577 g/mol. The van der Waals surface area contributed by atoms with Crippen LogP contribution in [0.4, 0.5) is 10.1 Å². The lowest BCUT2D eigenvalue weighted by molar-refractivity contribution is -0.100. The molecule has 1 unspecified atom stereocenters. The number of aromatic nitrogens is 1. The molecule has 2 heterocycles. The van der Waals surface area contributed by atoms with Gasteiger partial charge in [-0.2, -0.15) is 0 Å². The van der Waals surface area contributed by atoms with Crippen LogP contribution in [0.3, 0.4) is 0 Å². The zero-order valence-electron chi connectivity index (χ0n) is 18.8. The predicted octanol–water partition coefficient (Wildman–Crippen LogP) is 5.84. The normalized spacial score (nSPS) is 16.2. The van der Waals surface area contributed by atoms with Crippen molar-refractivity contribution in [1.29, 1.82) is 0 Å². The summed E-state index contributed by atoms with van der Waals surface area (Å²) in [5.74, 6) is -0.920. The second-order valence-corrected chi connectivity index (χ2v) is 9.73.